The van der Waals surface area contributed by atoms with E-state index in [1.807, 2.05) is 35.1 Å². The first-order valence-electron chi connectivity index (χ1n) is 6.30. The zero-order valence-electron chi connectivity index (χ0n) is 10.7. The van der Waals surface area contributed by atoms with Crippen LogP contribution >= 0.6 is 22.9 Å². The third kappa shape index (κ3) is 1.87. The van der Waals surface area contributed by atoms with Crippen LogP contribution in [0, 0.1) is 0 Å². The quantitative estimate of drug-likeness (QED) is 0.591. The molecule has 7 heteroatoms. The van der Waals surface area contributed by atoms with Crippen molar-refractivity contribution < 1.29 is 4.79 Å². The Morgan fingerprint density at radius 1 is 1.38 bits per heavy atom. The predicted octanol–water partition coefficient (Wildman–Crippen LogP) is 3.12. The van der Waals surface area contributed by atoms with Gasteiger partial charge in [-0.15, -0.1) is 0 Å². The standard InChI is InChI=1S/C14H9ClN4OS/c15-9-3-1-2-4-11(9)19-12-8(6-17-19)5-10-13(12)21-14(18-10)16-7-20/h1-4,6-7H,5H2,(H,16,18,20). The van der Waals surface area contributed by atoms with Gasteiger partial charge in [-0.25, -0.2) is 9.67 Å². The highest BCUT2D eigenvalue weighted by Gasteiger charge is 2.28. The van der Waals surface area contributed by atoms with Crippen LogP contribution in [-0.2, 0) is 11.2 Å². The topological polar surface area (TPSA) is 59.8 Å². The lowest BCUT2D eigenvalue weighted by Crippen LogP contribution is -1.98. The number of benzene rings is 1. The molecular weight excluding hydrogens is 308 g/mol. The predicted molar refractivity (Wildman–Crippen MR) is 82.2 cm³/mol. The fourth-order valence-corrected chi connectivity index (χ4v) is 3.73. The SMILES string of the molecule is O=CNc1nc2c(s1)-c1c(cnn1-c1ccccc1Cl)C2. The Kier molecular flexibility index (Phi) is 2.80. The van der Waals surface area contributed by atoms with Gasteiger partial charge >= 0.3 is 0 Å². The molecule has 5 nitrogen and oxygen atoms in total. The summed E-state index contributed by atoms with van der Waals surface area (Å²) < 4.78 is 1.84. The molecule has 0 radical (unpaired) electrons. The van der Waals surface area contributed by atoms with Crippen molar-refractivity contribution in [2.75, 3.05) is 5.32 Å². The molecule has 0 fully saturated rings. The van der Waals surface area contributed by atoms with Crippen LogP contribution in [0.25, 0.3) is 16.3 Å². The summed E-state index contributed by atoms with van der Waals surface area (Å²) in [6, 6.07) is 7.59. The van der Waals surface area contributed by atoms with Crippen molar-refractivity contribution in [2.24, 2.45) is 0 Å². The number of thiazole rings is 1. The number of halogens is 1. The van der Waals surface area contributed by atoms with Gasteiger partial charge in [0.2, 0.25) is 6.41 Å². The minimum atomic E-state index is 0.604. The summed E-state index contributed by atoms with van der Waals surface area (Å²) in [6.45, 7) is 0. The minimum absolute atomic E-state index is 0.604. The van der Waals surface area contributed by atoms with Crippen LogP contribution < -0.4 is 5.32 Å². The number of hydrogen-bond donors (Lipinski definition) is 1. The fraction of sp³-hybridized carbons (Fsp3) is 0.0714. The summed E-state index contributed by atoms with van der Waals surface area (Å²) in [7, 11) is 0. The van der Waals surface area contributed by atoms with Gasteiger partial charge in [0.1, 0.15) is 0 Å². The summed E-state index contributed by atoms with van der Waals surface area (Å²) in [5.74, 6) is 0. The number of hydrogen-bond acceptors (Lipinski definition) is 4. The highest BCUT2D eigenvalue weighted by atomic mass is 35.5. The average molecular weight is 317 g/mol. The lowest BCUT2D eigenvalue weighted by atomic mass is 10.2. The summed E-state index contributed by atoms with van der Waals surface area (Å²) in [5, 5.41) is 8.30. The van der Waals surface area contributed by atoms with E-state index in [9.17, 15) is 4.79 Å². The Balaban J connectivity index is 1.88. The first-order chi connectivity index (χ1) is 10.3. The van der Waals surface area contributed by atoms with Crippen molar-refractivity contribution in [2.45, 2.75) is 6.42 Å². The molecule has 0 saturated heterocycles. The number of carbonyl (C=O) groups excluding carboxylic acids is 1. The lowest BCUT2D eigenvalue weighted by molar-refractivity contribution is -0.105. The number of fused-ring (bicyclic) bond motifs is 3. The molecule has 1 aromatic carbocycles. The third-order valence-electron chi connectivity index (χ3n) is 3.38. The van der Waals surface area contributed by atoms with Gasteiger partial charge in [-0.3, -0.25) is 4.79 Å². The van der Waals surface area contributed by atoms with E-state index < -0.39 is 0 Å². The van der Waals surface area contributed by atoms with Gasteiger partial charge in [-0.1, -0.05) is 35.1 Å². The molecule has 1 aliphatic carbocycles. The van der Waals surface area contributed by atoms with Crippen LogP contribution in [0.3, 0.4) is 0 Å². The molecule has 1 amide bonds. The fourth-order valence-electron chi connectivity index (χ4n) is 2.51. The molecular formula is C14H9ClN4OS. The van der Waals surface area contributed by atoms with Crippen molar-refractivity contribution in [3.63, 3.8) is 0 Å². The van der Waals surface area contributed by atoms with Crippen molar-refractivity contribution in [1.29, 1.82) is 0 Å². The first-order valence-corrected chi connectivity index (χ1v) is 7.49. The van der Waals surface area contributed by atoms with Crippen LogP contribution in [0.15, 0.2) is 30.5 Å². The number of para-hydroxylation sites is 1. The molecule has 4 rings (SSSR count). The van der Waals surface area contributed by atoms with Crippen LogP contribution in [0.2, 0.25) is 5.02 Å². The Morgan fingerprint density at radius 2 is 2.24 bits per heavy atom. The van der Waals surface area contributed by atoms with Gasteiger partial charge in [0.05, 0.1) is 33.2 Å². The van der Waals surface area contributed by atoms with Crippen LogP contribution in [0.5, 0.6) is 0 Å². The monoisotopic (exact) mass is 316 g/mol. The van der Waals surface area contributed by atoms with E-state index in [0.29, 0.717) is 16.6 Å². The third-order valence-corrected chi connectivity index (χ3v) is 4.73. The highest BCUT2D eigenvalue weighted by molar-refractivity contribution is 7.19. The van der Waals surface area contributed by atoms with Gasteiger partial charge in [0.25, 0.3) is 0 Å². The number of nitrogens with zero attached hydrogens (tertiary/aromatic N) is 3. The summed E-state index contributed by atoms with van der Waals surface area (Å²) in [5.41, 5.74) is 3.94. The normalized spacial score (nSPS) is 12.0. The van der Waals surface area contributed by atoms with Crippen molar-refractivity contribution in [3.05, 3.63) is 46.7 Å². The average Bonchev–Trinajstić information content (AvgIpc) is 3.10. The van der Waals surface area contributed by atoms with E-state index in [-0.39, 0.29) is 0 Å². The van der Waals surface area contributed by atoms with Crippen molar-refractivity contribution >= 4 is 34.5 Å². The maximum absolute atomic E-state index is 10.6. The molecule has 0 bridgehead atoms. The molecule has 0 spiro atoms. The second kappa shape index (κ2) is 4.68. The molecule has 104 valence electrons. The van der Waals surface area contributed by atoms with Gasteiger partial charge in [0, 0.05) is 12.0 Å². The molecule has 21 heavy (non-hydrogen) atoms. The number of carbonyl (C=O) groups is 1. The lowest BCUT2D eigenvalue weighted by Gasteiger charge is -2.07. The Morgan fingerprint density at radius 3 is 3.05 bits per heavy atom. The zero-order chi connectivity index (χ0) is 14.4. The minimum Gasteiger partial charge on any atom is -0.305 e. The molecule has 0 saturated carbocycles. The van der Waals surface area contributed by atoms with Gasteiger partial charge in [-0.2, -0.15) is 5.10 Å². The van der Waals surface area contributed by atoms with Crippen molar-refractivity contribution in [1.82, 2.24) is 14.8 Å². The van der Waals surface area contributed by atoms with Crippen LogP contribution in [-0.4, -0.2) is 21.2 Å². The number of amides is 1. The van der Waals surface area contributed by atoms with Gasteiger partial charge in [-0.05, 0) is 12.1 Å². The zero-order valence-corrected chi connectivity index (χ0v) is 12.3. The second-order valence-electron chi connectivity index (χ2n) is 4.62. The van der Waals surface area contributed by atoms with E-state index >= 15 is 0 Å². The molecule has 0 unspecified atom stereocenters. The maximum Gasteiger partial charge on any atom is 0.213 e. The van der Waals surface area contributed by atoms with Crippen LogP contribution in [0.1, 0.15) is 11.3 Å². The number of aromatic nitrogens is 3. The largest absolute Gasteiger partial charge is 0.305 e. The first kappa shape index (κ1) is 12.6. The van der Waals surface area contributed by atoms with E-state index in [1.165, 1.54) is 11.3 Å². The summed E-state index contributed by atoms with van der Waals surface area (Å²) in [4.78, 5) is 16.0. The van der Waals surface area contributed by atoms with E-state index in [1.54, 1.807) is 0 Å². The van der Waals surface area contributed by atoms with E-state index in [0.717, 1.165) is 33.9 Å². The molecule has 1 aliphatic rings. The Labute approximate surface area is 129 Å². The highest BCUT2D eigenvalue weighted by Crippen LogP contribution is 2.43. The number of rotatable bonds is 3. The van der Waals surface area contributed by atoms with Crippen LogP contribution in [0.4, 0.5) is 5.13 Å². The van der Waals surface area contributed by atoms with E-state index in [2.05, 4.69) is 15.4 Å². The van der Waals surface area contributed by atoms with Gasteiger partial charge in [0.15, 0.2) is 5.13 Å². The number of anilines is 1. The smallest absolute Gasteiger partial charge is 0.213 e. The molecule has 2 aromatic heterocycles. The molecule has 1 N–H and O–H groups in total. The molecule has 3 aromatic rings. The van der Waals surface area contributed by atoms with E-state index in [4.69, 9.17) is 11.6 Å². The molecule has 2 heterocycles. The maximum atomic E-state index is 10.6. The molecule has 0 atom stereocenters. The molecule has 0 aliphatic heterocycles. The Hall–Kier alpha value is -2.18. The Bertz CT molecular complexity index is 855. The van der Waals surface area contributed by atoms with Gasteiger partial charge < -0.3 is 5.32 Å². The summed E-state index contributed by atoms with van der Waals surface area (Å²) >= 11 is 7.72. The number of nitrogens with one attached hydrogen (secondary N) is 1. The second-order valence-corrected chi connectivity index (χ2v) is 6.02. The van der Waals surface area contributed by atoms with Crippen molar-refractivity contribution in [3.8, 4) is 16.3 Å². The summed E-state index contributed by atoms with van der Waals surface area (Å²) in [6.07, 6.45) is 3.21.